The molecule has 2 aromatic heterocycles. The van der Waals surface area contributed by atoms with Crippen molar-refractivity contribution in [3.63, 3.8) is 0 Å². The smallest absolute Gasteiger partial charge is 0.328 e. The molecule has 3 rings (SSSR count). The number of carbonyl (C=O) groups is 4. The highest BCUT2D eigenvalue weighted by molar-refractivity contribution is 5.95. The van der Waals surface area contributed by atoms with Gasteiger partial charge in [-0.25, -0.2) is 9.78 Å². The third-order valence-corrected chi connectivity index (χ3v) is 6.17. The van der Waals surface area contributed by atoms with Crippen LogP contribution in [0.3, 0.4) is 0 Å². The number of hydrogen-bond acceptors (Lipinski definition) is 8. The van der Waals surface area contributed by atoms with Crippen LogP contribution < -0.4 is 21.7 Å². The van der Waals surface area contributed by atoms with Gasteiger partial charge in [0.1, 0.15) is 12.1 Å². The fourth-order valence-electron chi connectivity index (χ4n) is 4.03. The van der Waals surface area contributed by atoms with Crippen molar-refractivity contribution in [1.82, 2.24) is 30.9 Å². The predicted octanol–water partition coefficient (Wildman–Crippen LogP) is -1.70. The fraction of sp³-hybridized carbons (Fsp3) is 0.400. The minimum absolute atomic E-state index is 0.0447. The number of amides is 3. The number of fused-ring (bicyclic) bond motifs is 1. The normalized spacial score (nSPS) is 15.9. The summed E-state index contributed by atoms with van der Waals surface area (Å²) >= 11 is 0. The van der Waals surface area contributed by atoms with Crippen molar-refractivity contribution in [3.05, 3.63) is 54.2 Å². The number of nitrogens with zero attached hydrogens (tertiary/aromatic N) is 1. The summed E-state index contributed by atoms with van der Waals surface area (Å²) in [6, 6.07) is 2.04. The highest BCUT2D eigenvalue weighted by atomic mass is 16.4. The number of benzene rings is 1. The van der Waals surface area contributed by atoms with Crippen LogP contribution in [0.25, 0.3) is 10.9 Å². The van der Waals surface area contributed by atoms with Gasteiger partial charge in [0.25, 0.3) is 0 Å². The number of nitrogens with one attached hydrogen (secondary N) is 5. The lowest BCUT2D eigenvalue weighted by Crippen LogP contribution is -2.61. The molecule has 1 aromatic carbocycles. The first-order valence-electron chi connectivity index (χ1n) is 12.3. The minimum atomic E-state index is -1.67. The van der Waals surface area contributed by atoms with Crippen molar-refractivity contribution >= 4 is 34.6 Å². The quantitative estimate of drug-likeness (QED) is 0.119. The Balaban J connectivity index is 1.74. The van der Waals surface area contributed by atoms with Gasteiger partial charge in [-0.15, -0.1) is 0 Å². The molecule has 0 bridgehead atoms. The summed E-state index contributed by atoms with van der Waals surface area (Å²) in [5.41, 5.74) is 8.38. The summed E-state index contributed by atoms with van der Waals surface area (Å²) in [5.74, 6) is -3.99. The van der Waals surface area contributed by atoms with Crippen LogP contribution in [0.15, 0.2) is 43.0 Å². The number of carbonyl (C=O) groups excluding carboxylic acids is 3. The van der Waals surface area contributed by atoms with E-state index in [4.69, 9.17) is 5.73 Å². The van der Waals surface area contributed by atoms with Crippen molar-refractivity contribution < 1.29 is 34.5 Å². The van der Waals surface area contributed by atoms with E-state index in [-0.39, 0.29) is 12.8 Å². The number of hydrogen-bond donors (Lipinski definition) is 9. The average Bonchev–Trinajstić information content (AvgIpc) is 3.54. The summed E-state index contributed by atoms with van der Waals surface area (Å²) in [6.07, 6.45) is 1.86. The van der Waals surface area contributed by atoms with E-state index >= 15 is 0 Å². The molecule has 14 nitrogen and oxygen atoms in total. The van der Waals surface area contributed by atoms with Crippen LogP contribution in [-0.2, 0) is 32.0 Å². The molecule has 14 heteroatoms. The topological polar surface area (TPSA) is 236 Å². The molecule has 39 heavy (non-hydrogen) atoms. The molecular weight excluding hydrogens is 510 g/mol. The van der Waals surface area contributed by atoms with E-state index in [1.165, 1.54) is 26.4 Å². The first-order valence-corrected chi connectivity index (χ1v) is 12.3. The molecule has 210 valence electrons. The zero-order valence-corrected chi connectivity index (χ0v) is 21.4. The van der Waals surface area contributed by atoms with Gasteiger partial charge in [0.05, 0.1) is 24.6 Å². The van der Waals surface area contributed by atoms with Crippen molar-refractivity contribution in [1.29, 1.82) is 0 Å². The molecule has 3 amide bonds. The van der Waals surface area contributed by atoms with E-state index in [1.807, 2.05) is 24.3 Å². The molecule has 6 atom stereocenters. The molecule has 3 aromatic rings. The lowest BCUT2D eigenvalue weighted by Gasteiger charge is -2.27. The van der Waals surface area contributed by atoms with Gasteiger partial charge in [-0.2, -0.15) is 0 Å². The van der Waals surface area contributed by atoms with E-state index in [0.717, 1.165) is 16.5 Å². The number of carboxylic acids is 1. The summed E-state index contributed by atoms with van der Waals surface area (Å²) in [6.45, 7) is 2.40. The summed E-state index contributed by atoms with van der Waals surface area (Å²) in [5, 5.41) is 37.0. The molecular formula is C25H33N7O7. The number of aliphatic hydroxyl groups excluding tert-OH is 2. The fourth-order valence-corrected chi connectivity index (χ4v) is 4.03. The second-order valence-corrected chi connectivity index (χ2v) is 9.30. The van der Waals surface area contributed by atoms with Gasteiger partial charge in [0, 0.05) is 35.4 Å². The lowest BCUT2D eigenvalue weighted by atomic mass is 10.0. The second kappa shape index (κ2) is 13.0. The predicted molar refractivity (Wildman–Crippen MR) is 139 cm³/mol. The third kappa shape index (κ3) is 7.63. The molecule has 0 radical (unpaired) electrons. The SMILES string of the molecule is CC(O)C(NC(=O)C(NC(=O)C(Cc1cnc[nH]1)NC(=O)C(N)Cc1c[nH]c2ccccc12)C(C)O)C(=O)O. The summed E-state index contributed by atoms with van der Waals surface area (Å²) < 4.78 is 0. The molecule has 0 aliphatic rings. The number of aromatic nitrogens is 3. The van der Waals surface area contributed by atoms with Gasteiger partial charge in [-0.05, 0) is 31.9 Å². The first-order chi connectivity index (χ1) is 18.5. The van der Waals surface area contributed by atoms with Gasteiger partial charge in [0.15, 0.2) is 6.04 Å². The van der Waals surface area contributed by atoms with Crippen LogP contribution in [0.4, 0.5) is 0 Å². The maximum atomic E-state index is 13.2. The van der Waals surface area contributed by atoms with E-state index in [2.05, 4.69) is 30.9 Å². The number of aliphatic hydroxyl groups is 2. The van der Waals surface area contributed by atoms with Crippen LogP contribution in [0.1, 0.15) is 25.1 Å². The monoisotopic (exact) mass is 543 g/mol. The molecule has 2 heterocycles. The van der Waals surface area contributed by atoms with Crippen LogP contribution >= 0.6 is 0 Å². The van der Waals surface area contributed by atoms with Crippen LogP contribution in [0.5, 0.6) is 0 Å². The number of nitrogens with two attached hydrogens (primary N) is 1. The maximum absolute atomic E-state index is 13.2. The van der Waals surface area contributed by atoms with E-state index < -0.39 is 60.1 Å². The largest absolute Gasteiger partial charge is 0.480 e. The molecule has 0 spiro atoms. The van der Waals surface area contributed by atoms with E-state index in [9.17, 15) is 34.5 Å². The number of para-hydroxylation sites is 1. The second-order valence-electron chi connectivity index (χ2n) is 9.30. The number of imidazole rings is 1. The molecule has 0 saturated carbocycles. The van der Waals surface area contributed by atoms with Crippen LogP contribution in [0, 0.1) is 0 Å². The Kier molecular flexibility index (Phi) is 9.76. The van der Waals surface area contributed by atoms with Crippen molar-refractivity contribution in [3.8, 4) is 0 Å². The molecule has 6 unspecified atom stereocenters. The van der Waals surface area contributed by atoms with Gasteiger partial charge in [-0.1, -0.05) is 18.2 Å². The van der Waals surface area contributed by atoms with Gasteiger partial charge >= 0.3 is 5.97 Å². The Morgan fingerprint density at radius 1 is 0.923 bits per heavy atom. The summed E-state index contributed by atoms with van der Waals surface area (Å²) in [4.78, 5) is 60.2. The van der Waals surface area contributed by atoms with Gasteiger partial charge in [0.2, 0.25) is 17.7 Å². The highest BCUT2D eigenvalue weighted by Crippen LogP contribution is 2.18. The molecule has 0 fully saturated rings. The first kappa shape index (κ1) is 29.3. The average molecular weight is 544 g/mol. The maximum Gasteiger partial charge on any atom is 0.328 e. The number of aromatic amines is 2. The third-order valence-electron chi connectivity index (χ3n) is 6.17. The van der Waals surface area contributed by atoms with Gasteiger partial charge < -0.3 is 47.0 Å². The highest BCUT2D eigenvalue weighted by Gasteiger charge is 2.34. The van der Waals surface area contributed by atoms with Crippen molar-refractivity contribution in [2.45, 2.75) is 63.1 Å². The van der Waals surface area contributed by atoms with Crippen LogP contribution in [-0.4, -0.2) is 90.3 Å². The Bertz CT molecular complexity index is 1290. The van der Waals surface area contributed by atoms with Crippen LogP contribution in [0.2, 0.25) is 0 Å². The number of carboxylic acid groups (broad SMARTS) is 1. The Morgan fingerprint density at radius 3 is 2.21 bits per heavy atom. The Morgan fingerprint density at radius 2 is 1.59 bits per heavy atom. The van der Waals surface area contributed by atoms with E-state index in [0.29, 0.717) is 5.69 Å². The van der Waals surface area contributed by atoms with Crippen molar-refractivity contribution in [2.24, 2.45) is 5.73 Å². The Labute approximate surface area is 223 Å². The zero-order chi connectivity index (χ0) is 28.7. The standard InChI is InChI=1S/C25H33N7O7/c1-12(33)20(24(37)32-21(13(2)34)25(38)39)31-23(36)19(8-15-10-27-11-29-15)30-22(35)17(26)7-14-9-28-18-6-4-3-5-16(14)18/h3-6,9-13,17,19-21,28,33-34H,7-8,26H2,1-2H3,(H,27,29)(H,30,35)(H,31,36)(H,32,37)(H,38,39). The summed E-state index contributed by atoms with van der Waals surface area (Å²) in [7, 11) is 0. The van der Waals surface area contributed by atoms with Gasteiger partial charge in [-0.3, -0.25) is 14.4 Å². The molecule has 0 saturated heterocycles. The number of aliphatic carboxylic acids is 1. The molecule has 0 aliphatic carbocycles. The number of rotatable bonds is 13. The minimum Gasteiger partial charge on any atom is -0.480 e. The van der Waals surface area contributed by atoms with E-state index in [1.54, 1.807) is 6.20 Å². The number of H-pyrrole nitrogens is 2. The molecule has 0 aliphatic heterocycles. The van der Waals surface area contributed by atoms with Crippen molar-refractivity contribution in [2.75, 3.05) is 0 Å². The lowest BCUT2D eigenvalue weighted by molar-refractivity contribution is -0.146. The Hall–Kier alpha value is -4.27. The molecule has 10 N–H and O–H groups in total. The zero-order valence-electron chi connectivity index (χ0n) is 21.4.